The number of hydrogen-bond acceptors (Lipinski definition) is 4. The molecule has 0 fully saturated rings. The predicted molar refractivity (Wildman–Crippen MR) is 109 cm³/mol. The summed E-state index contributed by atoms with van der Waals surface area (Å²) in [7, 11) is 1.56. The molecular formula is C23H24N2O3. The summed E-state index contributed by atoms with van der Waals surface area (Å²) in [5.74, 6) is -0.0631. The Balaban J connectivity index is 2.14. The van der Waals surface area contributed by atoms with Crippen LogP contribution in [0.25, 0.3) is 5.57 Å². The highest BCUT2D eigenvalue weighted by molar-refractivity contribution is 6.36. The van der Waals surface area contributed by atoms with Gasteiger partial charge in [0, 0.05) is 25.2 Å². The van der Waals surface area contributed by atoms with Gasteiger partial charge in [-0.3, -0.25) is 14.5 Å². The van der Waals surface area contributed by atoms with E-state index in [1.807, 2.05) is 60.4 Å². The van der Waals surface area contributed by atoms with Crippen LogP contribution >= 0.6 is 0 Å². The van der Waals surface area contributed by atoms with Crippen LogP contribution in [0, 0.1) is 0 Å². The van der Waals surface area contributed by atoms with Crippen LogP contribution in [0.3, 0.4) is 0 Å². The van der Waals surface area contributed by atoms with Gasteiger partial charge in [0.15, 0.2) is 0 Å². The van der Waals surface area contributed by atoms with E-state index in [2.05, 4.69) is 6.58 Å². The fourth-order valence-corrected chi connectivity index (χ4v) is 3.40. The topological polar surface area (TPSA) is 49.9 Å². The lowest BCUT2D eigenvalue weighted by Crippen LogP contribution is -2.35. The number of carbonyl (C=O) groups is 2. The molecule has 0 saturated carbocycles. The van der Waals surface area contributed by atoms with Crippen molar-refractivity contribution in [2.24, 2.45) is 0 Å². The fourth-order valence-electron chi connectivity index (χ4n) is 3.40. The first-order valence-corrected chi connectivity index (χ1v) is 9.26. The third kappa shape index (κ3) is 3.56. The average Bonchev–Trinajstić information content (AvgIpc) is 2.97. The Kier molecular flexibility index (Phi) is 5.94. The molecule has 1 aliphatic rings. The molecule has 1 heterocycles. The lowest BCUT2D eigenvalue weighted by atomic mass is 10.0. The molecule has 0 bridgehead atoms. The van der Waals surface area contributed by atoms with E-state index >= 15 is 0 Å². The molecule has 0 radical (unpaired) electrons. The number of carbonyl (C=O) groups excluding carboxylic acids is 2. The molecule has 5 heteroatoms. The zero-order valence-corrected chi connectivity index (χ0v) is 16.2. The zero-order chi connectivity index (χ0) is 20.1. The SMILES string of the molecule is C=CCN1C(=O)C(c2ccccc2OC)=C(N(CC)Cc2ccccc2)C1=O. The lowest BCUT2D eigenvalue weighted by molar-refractivity contribution is -0.136. The largest absolute Gasteiger partial charge is 0.496 e. The van der Waals surface area contributed by atoms with Crippen molar-refractivity contribution in [3.05, 3.63) is 84.1 Å². The summed E-state index contributed by atoms with van der Waals surface area (Å²) in [5, 5.41) is 0. The summed E-state index contributed by atoms with van der Waals surface area (Å²) >= 11 is 0. The summed E-state index contributed by atoms with van der Waals surface area (Å²) < 4.78 is 5.46. The maximum atomic E-state index is 13.2. The molecule has 28 heavy (non-hydrogen) atoms. The molecule has 0 aliphatic carbocycles. The second-order valence-electron chi connectivity index (χ2n) is 6.43. The number of imide groups is 1. The fraction of sp³-hybridized carbons (Fsp3) is 0.217. The van der Waals surface area contributed by atoms with Crippen molar-refractivity contribution in [2.75, 3.05) is 20.2 Å². The third-order valence-corrected chi connectivity index (χ3v) is 4.75. The van der Waals surface area contributed by atoms with Crippen molar-refractivity contribution in [1.82, 2.24) is 9.80 Å². The number of rotatable bonds is 8. The van der Waals surface area contributed by atoms with Gasteiger partial charge in [-0.25, -0.2) is 0 Å². The highest BCUT2D eigenvalue weighted by Gasteiger charge is 2.41. The molecule has 3 rings (SSSR count). The number of methoxy groups -OCH3 is 1. The average molecular weight is 376 g/mol. The number of amides is 2. The van der Waals surface area contributed by atoms with Gasteiger partial charge in [-0.2, -0.15) is 0 Å². The van der Waals surface area contributed by atoms with Crippen molar-refractivity contribution in [3.63, 3.8) is 0 Å². The molecule has 2 aromatic rings. The Bertz CT molecular complexity index is 918. The van der Waals surface area contributed by atoms with E-state index in [1.54, 1.807) is 19.3 Å². The van der Waals surface area contributed by atoms with E-state index in [9.17, 15) is 9.59 Å². The minimum absolute atomic E-state index is 0.169. The highest BCUT2D eigenvalue weighted by atomic mass is 16.5. The minimum Gasteiger partial charge on any atom is -0.496 e. The van der Waals surface area contributed by atoms with E-state index in [1.165, 1.54) is 4.90 Å². The van der Waals surface area contributed by atoms with Gasteiger partial charge in [-0.1, -0.05) is 54.6 Å². The van der Waals surface area contributed by atoms with E-state index in [0.29, 0.717) is 35.7 Å². The molecular weight excluding hydrogens is 352 g/mol. The van der Waals surface area contributed by atoms with E-state index in [4.69, 9.17) is 4.74 Å². The Morgan fingerprint density at radius 1 is 1.04 bits per heavy atom. The van der Waals surface area contributed by atoms with Crippen molar-refractivity contribution in [3.8, 4) is 5.75 Å². The van der Waals surface area contributed by atoms with Gasteiger partial charge >= 0.3 is 0 Å². The molecule has 144 valence electrons. The van der Waals surface area contributed by atoms with Crippen LogP contribution in [0.4, 0.5) is 0 Å². The van der Waals surface area contributed by atoms with Crippen molar-refractivity contribution in [2.45, 2.75) is 13.5 Å². The Morgan fingerprint density at radius 2 is 1.71 bits per heavy atom. The van der Waals surface area contributed by atoms with Crippen LogP contribution in [0.15, 0.2) is 72.9 Å². The zero-order valence-electron chi connectivity index (χ0n) is 16.2. The van der Waals surface area contributed by atoms with Crippen molar-refractivity contribution >= 4 is 17.4 Å². The second-order valence-corrected chi connectivity index (χ2v) is 6.43. The Hall–Kier alpha value is -3.34. The normalized spacial score (nSPS) is 13.9. The van der Waals surface area contributed by atoms with Crippen LogP contribution in [0.2, 0.25) is 0 Å². The minimum atomic E-state index is -0.323. The number of benzene rings is 2. The second kappa shape index (κ2) is 8.57. The lowest BCUT2D eigenvalue weighted by Gasteiger charge is -2.25. The summed E-state index contributed by atoms with van der Waals surface area (Å²) in [6, 6.07) is 17.2. The van der Waals surface area contributed by atoms with Crippen LogP contribution in [-0.2, 0) is 16.1 Å². The monoisotopic (exact) mass is 376 g/mol. The van der Waals surface area contributed by atoms with Crippen LogP contribution in [0.5, 0.6) is 5.75 Å². The van der Waals surface area contributed by atoms with Crippen LogP contribution < -0.4 is 4.74 Å². The van der Waals surface area contributed by atoms with Gasteiger partial charge < -0.3 is 9.64 Å². The smallest absolute Gasteiger partial charge is 0.278 e. The maximum absolute atomic E-state index is 13.2. The first-order valence-electron chi connectivity index (χ1n) is 9.26. The number of para-hydroxylation sites is 1. The van der Waals surface area contributed by atoms with Crippen LogP contribution in [0.1, 0.15) is 18.1 Å². The maximum Gasteiger partial charge on any atom is 0.278 e. The van der Waals surface area contributed by atoms with E-state index in [0.717, 1.165) is 5.56 Å². The van der Waals surface area contributed by atoms with Crippen molar-refractivity contribution in [1.29, 1.82) is 0 Å². The molecule has 2 aromatic carbocycles. The number of nitrogens with zero attached hydrogens (tertiary/aromatic N) is 2. The van der Waals surface area contributed by atoms with Gasteiger partial charge in [0.25, 0.3) is 11.8 Å². The third-order valence-electron chi connectivity index (χ3n) is 4.75. The first-order chi connectivity index (χ1) is 13.6. The first kappa shape index (κ1) is 19.4. The Labute approximate surface area is 165 Å². The summed E-state index contributed by atoms with van der Waals surface area (Å²) in [4.78, 5) is 29.6. The quantitative estimate of drug-likeness (QED) is 0.523. The predicted octanol–water partition coefficient (Wildman–Crippen LogP) is 3.48. The van der Waals surface area contributed by atoms with Gasteiger partial charge in [-0.15, -0.1) is 6.58 Å². The molecule has 0 atom stereocenters. The summed E-state index contributed by atoms with van der Waals surface area (Å²) in [6.45, 7) is 6.95. The molecule has 0 N–H and O–H groups in total. The van der Waals surface area contributed by atoms with Crippen LogP contribution in [-0.4, -0.2) is 41.8 Å². The molecule has 0 unspecified atom stereocenters. The van der Waals surface area contributed by atoms with Gasteiger partial charge in [0.2, 0.25) is 0 Å². The number of ether oxygens (including phenoxy) is 1. The molecule has 0 aromatic heterocycles. The molecule has 2 amide bonds. The number of likely N-dealkylation sites (N-methyl/N-ethyl adjacent to an activating group) is 1. The molecule has 5 nitrogen and oxygen atoms in total. The Morgan fingerprint density at radius 3 is 2.36 bits per heavy atom. The molecule has 0 saturated heterocycles. The standard InChI is InChI=1S/C23H24N2O3/c1-4-15-25-22(26)20(18-13-9-10-14-19(18)28-3)21(23(25)27)24(5-2)16-17-11-7-6-8-12-17/h4,6-14H,1,5,15-16H2,2-3H3. The molecule has 1 aliphatic heterocycles. The van der Waals surface area contributed by atoms with Crippen molar-refractivity contribution < 1.29 is 14.3 Å². The number of hydrogen-bond donors (Lipinski definition) is 0. The summed E-state index contributed by atoms with van der Waals surface area (Å²) in [5.41, 5.74) is 2.47. The van der Waals surface area contributed by atoms with Gasteiger partial charge in [-0.05, 0) is 18.6 Å². The van der Waals surface area contributed by atoms with Gasteiger partial charge in [0.05, 0.1) is 12.7 Å². The van der Waals surface area contributed by atoms with Gasteiger partial charge in [0.1, 0.15) is 11.4 Å². The molecule has 0 spiro atoms. The summed E-state index contributed by atoms with van der Waals surface area (Å²) in [6.07, 6.45) is 1.56. The van der Waals surface area contributed by atoms with E-state index < -0.39 is 0 Å². The highest BCUT2D eigenvalue weighted by Crippen LogP contribution is 2.36. The van der Waals surface area contributed by atoms with E-state index in [-0.39, 0.29) is 18.4 Å².